The quantitative estimate of drug-likeness (QED) is 0.580. The summed E-state index contributed by atoms with van der Waals surface area (Å²) in [5.41, 5.74) is 3.19. The molecule has 7 heteroatoms. The number of nitrogens with zero attached hydrogens (tertiary/aromatic N) is 2. The zero-order valence-electron chi connectivity index (χ0n) is 12.3. The summed E-state index contributed by atoms with van der Waals surface area (Å²) in [6.07, 6.45) is 6.54. The Morgan fingerprint density at radius 3 is 2.55 bits per heavy atom. The second-order valence-electron chi connectivity index (χ2n) is 5.63. The summed E-state index contributed by atoms with van der Waals surface area (Å²) >= 11 is 0. The van der Waals surface area contributed by atoms with Crippen LogP contribution in [0.5, 0.6) is 0 Å². The van der Waals surface area contributed by atoms with Gasteiger partial charge in [-0.1, -0.05) is 0 Å². The first-order valence-electron chi connectivity index (χ1n) is 7.41. The van der Waals surface area contributed by atoms with Crippen LogP contribution in [0.2, 0.25) is 0 Å². The van der Waals surface area contributed by atoms with E-state index in [0.29, 0.717) is 50.3 Å². The minimum atomic E-state index is -0.933. The van der Waals surface area contributed by atoms with Gasteiger partial charge in [-0.15, -0.1) is 0 Å². The molecule has 2 fully saturated rings. The van der Waals surface area contributed by atoms with E-state index in [1.807, 2.05) is 6.07 Å². The van der Waals surface area contributed by atoms with E-state index < -0.39 is 11.4 Å². The maximum Gasteiger partial charge on any atom is 0.168 e. The Hall–Kier alpha value is -1.83. The van der Waals surface area contributed by atoms with Gasteiger partial charge in [0, 0.05) is 19.1 Å². The lowest BCUT2D eigenvalue weighted by atomic mass is 9.79. The molecular formula is C15H20N4O3. The number of nitrogens with one attached hydrogen (secondary N) is 2. The lowest BCUT2D eigenvalue weighted by Gasteiger charge is -2.40. The summed E-state index contributed by atoms with van der Waals surface area (Å²) in [6.45, 7) is 1.26. The van der Waals surface area contributed by atoms with Crippen LogP contribution in [-0.4, -0.2) is 41.5 Å². The maximum absolute atomic E-state index is 10.8. The van der Waals surface area contributed by atoms with Crippen molar-refractivity contribution in [2.24, 2.45) is 5.10 Å². The molecule has 1 aliphatic heterocycles. The molecule has 0 radical (unpaired) electrons. The third-order valence-electron chi connectivity index (χ3n) is 4.24. The Morgan fingerprint density at radius 1 is 1.23 bits per heavy atom. The fraction of sp³-hybridized carbons (Fsp3) is 0.533. The maximum atomic E-state index is 10.8. The van der Waals surface area contributed by atoms with E-state index in [1.54, 1.807) is 12.3 Å². The van der Waals surface area contributed by atoms with Gasteiger partial charge in [-0.3, -0.25) is 10.4 Å². The molecule has 0 unspecified atom stereocenters. The van der Waals surface area contributed by atoms with Crippen LogP contribution >= 0.6 is 0 Å². The van der Waals surface area contributed by atoms with Gasteiger partial charge < -0.3 is 20.0 Å². The van der Waals surface area contributed by atoms with Crippen molar-refractivity contribution in [3.05, 3.63) is 24.0 Å². The molecule has 118 valence electrons. The number of hydrogen-bond donors (Lipinski definition) is 3. The van der Waals surface area contributed by atoms with E-state index in [4.69, 9.17) is 14.9 Å². The Morgan fingerprint density at radius 2 is 1.95 bits per heavy atom. The second-order valence-corrected chi connectivity index (χ2v) is 5.63. The summed E-state index contributed by atoms with van der Waals surface area (Å²) in [5, 5.41) is 21.5. The molecule has 7 nitrogen and oxygen atoms in total. The molecule has 1 aromatic rings. The number of aliphatic hydroxyl groups is 1. The van der Waals surface area contributed by atoms with E-state index in [-0.39, 0.29) is 0 Å². The summed E-state index contributed by atoms with van der Waals surface area (Å²) in [6, 6.07) is 3.62. The Kier molecular flexibility index (Phi) is 4.19. The Bertz CT molecular complexity index is 542. The van der Waals surface area contributed by atoms with E-state index in [2.05, 4.69) is 15.5 Å². The highest BCUT2D eigenvalue weighted by molar-refractivity contribution is 6.14. The van der Waals surface area contributed by atoms with Crippen LogP contribution in [0.3, 0.4) is 0 Å². The van der Waals surface area contributed by atoms with E-state index in [1.165, 1.54) is 6.21 Å². The smallest absolute Gasteiger partial charge is 0.168 e. The molecule has 0 aromatic carbocycles. The van der Waals surface area contributed by atoms with Crippen molar-refractivity contribution in [3.63, 3.8) is 0 Å². The highest BCUT2D eigenvalue weighted by Gasteiger charge is 2.46. The largest absolute Gasteiger partial charge is 0.384 e. The molecular weight excluding hydrogens is 284 g/mol. The SMILES string of the molecule is N=C/C=N\Nc1ccc(C2(O)CCC3(CC2)OCCO3)nc1. The molecule has 1 aromatic heterocycles. The van der Waals surface area contributed by atoms with Crippen LogP contribution in [0.25, 0.3) is 0 Å². The molecule has 0 bridgehead atoms. The van der Waals surface area contributed by atoms with Crippen molar-refractivity contribution in [3.8, 4) is 0 Å². The number of aromatic nitrogens is 1. The molecule has 1 aliphatic carbocycles. The fourth-order valence-corrected chi connectivity index (χ4v) is 2.97. The Balaban J connectivity index is 1.65. The molecule has 0 atom stereocenters. The lowest BCUT2D eigenvalue weighted by Crippen LogP contribution is -2.42. The average Bonchev–Trinajstić information content (AvgIpc) is 3.00. The van der Waals surface area contributed by atoms with E-state index in [0.717, 1.165) is 6.21 Å². The summed E-state index contributed by atoms with van der Waals surface area (Å²) < 4.78 is 11.4. The fourth-order valence-electron chi connectivity index (χ4n) is 2.97. The monoisotopic (exact) mass is 304 g/mol. The lowest BCUT2D eigenvalue weighted by molar-refractivity contribution is -0.204. The minimum Gasteiger partial charge on any atom is -0.384 e. The zero-order valence-corrected chi connectivity index (χ0v) is 12.3. The number of anilines is 1. The van der Waals surface area contributed by atoms with Gasteiger partial charge in [0.05, 0.1) is 37.0 Å². The molecule has 0 amide bonds. The van der Waals surface area contributed by atoms with Gasteiger partial charge in [0.15, 0.2) is 5.79 Å². The summed E-state index contributed by atoms with van der Waals surface area (Å²) in [5.74, 6) is -0.491. The standard InChI is InChI=1S/C15H20N4O3/c16-7-8-18-19-12-1-2-13(17-11-12)14(20)3-5-15(6-4-14)21-9-10-22-15/h1-2,7-8,11,16,19-20H,3-6,9-10H2/b16-7?,18-8-. The van der Waals surface area contributed by atoms with Crippen molar-refractivity contribution in [1.29, 1.82) is 5.41 Å². The van der Waals surface area contributed by atoms with Crippen LogP contribution < -0.4 is 5.43 Å². The first-order valence-corrected chi connectivity index (χ1v) is 7.41. The van der Waals surface area contributed by atoms with Crippen LogP contribution in [0.4, 0.5) is 5.69 Å². The van der Waals surface area contributed by atoms with Gasteiger partial charge >= 0.3 is 0 Å². The van der Waals surface area contributed by atoms with E-state index in [9.17, 15) is 5.11 Å². The molecule has 1 saturated heterocycles. The van der Waals surface area contributed by atoms with Crippen LogP contribution in [0.15, 0.2) is 23.4 Å². The number of pyridine rings is 1. The van der Waals surface area contributed by atoms with Crippen molar-refractivity contribution in [1.82, 2.24) is 4.98 Å². The predicted molar refractivity (Wildman–Crippen MR) is 82.1 cm³/mol. The molecule has 2 aliphatic rings. The van der Waals surface area contributed by atoms with Gasteiger partial charge in [0.1, 0.15) is 5.60 Å². The number of hydrazone groups is 1. The van der Waals surface area contributed by atoms with Gasteiger partial charge in [-0.2, -0.15) is 5.10 Å². The van der Waals surface area contributed by atoms with Crippen molar-refractivity contribution >= 4 is 18.1 Å². The van der Waals surface area contributed by atoms with Gasteiger partial charge in [-0.25, -0.2) is 0 Å². The Labute approximate surface area is 128 Å². The topological polar surface area (TPSA) is 99.8 Å². The average molecular weight is 304 g/mol. The first-order chi connectivity index (χ1) is 10.7. The molecule has 3 N–H and O–H groups in total. The number of ether oxygens (including phenoxy) is 2. The third-order valence-corrected chi connectivity index (χ3v) is 4.24. The predicted octanol–water partition coefficient (Wildman–Crippen LogP) is 1.63. The van der Waals surface area contributed by atoms with Crippen LogP contribution in [0, 0.1) is 5.41 Å². The highest BCUT2D eigenvalue weighted by Crippen LogP contribution is 2.44. The zero-order chi connectivity index (χ0) is 15.5. The molecule has 3 rings (SSSR count). The second kappa shape index (κ2) is 6.12. The molecule has 1 saturated carbocycles. The van der Waals surface area contributed by atoms with Gasteiger partial charge in [0.2, 0.25) is 0 Å². The molecule has 1 spiro atoms. The van der Waals surface area contributed by atoms with E-state index >= 15 is 0 Å². The normalized spacial score (nSPS) is 23.0. The third kappa shape index (κ3) is 3.01. The highest BCUT2D eigenvalue weighted by atomic mass is 16.7. The van der Waals surface area contributed by atoms with Crippen LogP contribution in [-0.2, 0) is 15.1 Å². The first kappa shape index (κ1) is 15.1. The van der Waals surface area contributed by atoms with Crippen LogP contribution in [0.1, 0.15) is 31.4 Å². The molecule has 2 heterocycles. The van der Waals surface area contributed by atoms with Crippen molar-refractivity contribution < 1.29 is 14.6 Å². The number of rotatable bonds is 4. The summed E-state index contributed by atoms with van der Waals surface area (Å²) in [4.78, 5) is 4.34. The van der Waals surface area contributed by atoms with Gasteiger partial charge in [0.25, 0.3) is 0 Å². The summed E-state index contributed by atoms with van der Waals surface area (Å²) in [7, 11) is 0. The number of hydrogen-bond acceptors (Lipinski definition) is 7. The van der Waals surface area contributed by atoms with Crippen molar-refractivity contribution in [2.75, 3.05) is 18.6 Å². The molecule has 22 heavy (non-hydrogen) atoms. The van der Waals surface area contributed by atoms with Gasteiger partial charge in [-0.05, 0) is 25.0 Å². The van der Waals surface area contributed by atoms with Crippen molar-refractivity contribution in [2.45, 2.75) is 37.1 Å². The minimum absolute atomic E-state index is 0.491.